The van der Waals surface area contributed by atoms with Gasteiger partial charge < -0.3 is 10.6 Å². The highest BCUT2D eigenvalue weighted by molar-refractivity contribution is 5.39. The third-order valence-electron chi connectivity index (χ3n) is 3.68. The Hall–Kier alpha value is -1.02. The Balaban J connectivity index is 2.47. The average Bonchev–Trinajstić information content (AvgIpc) is 2.40. The van der Waals surface area contributed by atoms with Gasteiger partial charge in [-0.25, -0.2) is 0 Å². The predicted octanol–water partition coefficient (Wildman–Crippen LogP) is 3.71. The summed E-state index contributed by atoms with van der Waals surface area (Å²) in [5.74, 6) is 0. The van der Waals surface area contributed by atoms with E-state index in [4.69, 9.17) is 5.73 Å². The maximum absolute atomic E-state index is 5.71. The minimum absolute atomic E-state index is 0.685. The number of anilines is 1. The van der Waals surface area contributed by atoms with E-state index in [9.17, 15) is 0 Å². The number of benzene rings is 1. The van der Waals surface area contributed by atoms with Crippen molar-refractivity contribution >= 4 is 5.69 Å². The van der Waals surface area contributed by atoms with E-state index in [-0.39, 0.29) is 0 Å². The molecule has 0 bridgehead atoms. The maximum atomic E-state index is 5.71. The molecule has 1 aromatic rings. The Morgan fingerprint density at radius 3 is 2.33 bits per heavy atom. The number of rotatable bonds is 8. The lowest BCUT2D eigenvalue weighted by atomic mass is 10.1. The molecule has 1 unspecified atom stereocenters. The average molecular weight is 248 g/mol. The first-order valence-corrected chi connectivity index (χ1v) is 7.25. The van der Waals surface area contributed by atoms with Crippen molar-refractivity contribution in [2.45, 2.75) is 52.5 Å². The molecule has 2 N–H and O–H groups in total. The molecule has 102 valence electrons. The van der Waals surface area contributed by atoms with Crippen molar-refractivity contribution < 1.29 is 0 Å². The lowest BCUT2D eigenvalue weighted by molar-refractivity contribution is 0.203. The molecule has 0 aliphatic heterocycles. The van der Waals surface area contributed by atoms with Gasteiger partial charge in [0.05, 0.1) is 0 Å². The number of hydrogen-bond donors (Lipinski definition) is 1. The molecule has 1 aromatic carbocycles. The number of unbranched alkanes of at least 4 members (excludes halogenated alkanes) is 1. The Kier molecular flexibility index (Phi) is 6.81. The lowest BCUT2D eigenvalue weighted by Crippen LogP contribution is -2.35. The zero-order valence-corrected chi connectivity index (χ0v) is 12.2. The highest BCUT2D eigenvalue weighted by atomic mass is 15.1. The quantitative estimate of drug-likeness (QED) is 0.711. The molecule has 0 aromatic heterocycles. The third kappa shape index (κ3) is 5.09. The minimum atomic E-state index is 0.685. The number of nitrogen functional groups attached to an aromatic ring is 1. The van der Waals surface area contributed by atoms with Gasteiger partial charge in [0.2, 0.25) is 0 Å². The van der Waals surface area contributed by atoms with Crippen LogP contribution in [0.2, 0.25) is 0 Å². The van der Waals surface area contributed by atoms with Gasteiger partial charge in [0.25, 0.3) is 0 Å². The first-order valence-electron chi connectivity index (χ1n) is 7.25. The Labute approximate surface area is 112 Å². The summed E-state index contributed by atoms with van der Waals surface area (Å²) in [6.45, 7) is 9.24. The molecule has 0 aliphatic carbocycles. The van der Waals surface area contributed by atoms with E-state index in [1.165, 1.54) is 31.4 Å². The van der Waals surface area contributed by atoms with Crippen LogP contribution in [0.4, 0.5) is 5.69 Å². The molecule has 0 heterocycles. The molecule has 0 amide bonds. The smallest absolute Gasteiger partial charge is 0.0314 e. The summed E-state index contributed by atoms with van der Waals surface area (Å²) in [6, 6.07) is 8.96. The van der Waals surface area contributed by atoms with Gasteiger partial charge in [-0.2, -0.15) is 0 Å². The molecule has 0 aliphatic rings. The van der Waals surface area contributed by atoms with E-state index in [0.717, 1.165) is 18.7 Å². The standard InChI is InChI=1S/C16H28N2/c1-4-6-12-18(14(3)5-2)13-11-15-7-9-16(17)10-8-15/h7-10,14H,4-6,11-13,17H2,1-3H3. The van der Waals surface area contributed by atoms with Crippen LogP contribution in [0.3, 0.4) is 0 Å². The topological polar surface area (TPSA) is 29.3 Å². The van der Waals surface area contributed by atoms with Crippen molar-refractivity contribution in [2.24, 2.45) is 0 Å². The van der Waals surface area contributed by atoms with Gasteiger partial charge in [0.15, 0.2) is 0 Å². The highest BCUT2D eigenvalue weighted by Gasteiger charge is 2.11. The summed E-state index contributed by atoms with van der Waals surface area (Å²) < 4.78 is 0. The summed E-state index contributed by atoms with van der Waals surface area (Å²) in [7, 11) is 0. The molecule has 0 fully saturated rings. The molecule has 0 saturated carbocycles. The van der Waals surface area contributed by atoms with Crippen molar-refractivity contribution in [3.8, 4) is 0 Å². The van der Waals surface area contributed by atoms with E-state index in [1.54, 1.807) is 0 Å². The van der Waals surface area contributed by atoms with Gasteiger partial charge in [-0.15, -0.1) is 0 Å². The largest absolute Gasteiger partial charge is 0.399 e. The van der Waals surface area contributed by atoms with Gasteiger partial charge in [-0.05, 0) is 50.4 Å². The van der Waals surface area contributed by atoms with Gasteiger partial charge >= 0.3 is 0 Å². The van der Waals surface area contributed by atoms with Crippen LogP contribution in [0.15, 0.2) is 24.3 Å². The second-order valence-corrected chi connectivity index (χ2v) is 5.14. The van der Waals surface area contributed by atoms with E-state index >= 15 is 0 Å². The molecule has 2 nitrogen and oxygen atoms in total. The molecular weight excluding hydrogens is 220 g/mol. The molecule has 1 rings (SSSR count). The van der Waals surface area contributed by atoms with Crippen LogP contribution in [0.5, 0.6) is 0 Å². The van der Waals surface area contributed by atoms with Crippen LogP contribution < -0.4 is 5.73 Å². The zero-order chi connectivity index (χ0) is 13.4. The van der Waals surface area contributed by atoms with E-state index in [0.29, 0.717) is 6.04 Å². The van der Waals surface area contributed by atoms with Crippen LogP contribution in [0.1, 0.15) is 45.6 Å². The van der Waals surface area contributed by atoms with Crippen molar-refractivity contribution in [1.82, 2.24) is 4.90 Å². The Morgan fingerprint density at radius 1 is 1.11 bits per heavy atom. The van der Waals surface area contributed by atoms with Gasteiger partial charge in [-0.1, -0.05) is 32.4 Å². The SMILES string of the molecule is CCCCN(CCc1ccc(N)cc1)C(C)CC. The molecule has 18 heavy (non-hydrogen) atoms. The van der Waals surface area contributed by atoms with Crippen LogP contribution in [0, 0.1) is 0 Å². The van der Waals surface area contributed by atoms with Gasteiger partial charge in [0.1, 0.15) is 0 Å². The molecule has 2 heteroatoms. The summed E-state index contributed by atoms with van der Waals surface area (Å²) in [5, 5.41) is 0. The Bertz CT molecular complexity index is 318. The monoisotopic (exact) mass is 248 g/mol. The van der Waals surface area contributed by atoms with E-state index < -0.39 is 0 Å². The molecule has 0 radical (unpaired) electrons. The summed E-state index contributed by atoms with van der Waals surface area (Å²) >= 11 is 0. The fraction of sp³-hybridized carbons (Fsp3) is 0.625. The first-order chi connectivity index (χ1) is 8.67. The summed E-state index contributed by atoms with van der Waals surface area (Å²) in [5.41, 5.74) is 7.94. The molecule has 0 saturated heterocycles. The van der Waals surface area contributed by atoms with Crippen LogP contribution in [-0.2, 0) is 6.42 Å². The Morgan fingerprint density at radius 2 is 1.78 bits per heavy atom. The van der Waals surface area contributed by atoms with Crippen LogP contribution >= 0.6 is 0 Å². The second kappa shape index (κ2) is 8.15. The summed E-state index contributed by atoms with van der Waals surface area (Å²) in [4.78, 5) is 2.61. The predicted molar refractivity (Wildman–Crippen MR) is 80.8 cm³/mol. The summed E-state index contributed by atoms with van der Waals surface area (Å²) in [6.07, 6.45) is 4.92. The maximum Gasteiger partial charge on any atom is 0.0314 e. The fourth-order valence-electron chi connectivity index (χ4n) is 2.13. The van der Waals surface area contributed by atoms with Gasteiger partial charge in [-0.3, -0.25) is 0 Å². The molecule has 0 spiro atoms. The van der Waals surface area contributed by atoms with Crippen LogP contribution in [0.25, 0.3) is 0 Å². The zero-order valence-electron chi connectivity index (χ0n) is 12.2. The molecule has 1 atom stereocenters. The van der Waals surface area contributed by atoms with Crippen molar-refractivity contribution in [1.29, 1.82) is 0 Å². The highest BCUT2D eigenvalue weighted by Crippen LogP contribution is 2.10. The minimum Gasteiger partial charge on any atom is -0.399 e. The van der Waals surface area contributed by atoms with Crippen molar-refractivity contribution in [3.05, 3.63) is 29.8 Å². The van der Waals surface area contributed by atoms with Crippen molar-refractivity contribution in [3.63, 3.8) is 0 Å². The fourth-order valence-corrected chi connectivity index (χ4v) is 2.13. The number of hydrogen-bond acceptors (Lipinski definition) is 2. The number of nitrogens with zero attached hydrogens (tertiary/aromatic N) is 1. The van der Waals surface area contributed by atoms with E-state index in [2.05, 4.69) is 37.8 Å². The van der Waals surface area contributed by atoms with Crippen molar-refractivity contribution in [2.75, 3.05) is 18.8 Å². The number of nitrogens with two attached hydrogens (primary N) is 1. The normalized spacial score (nSPS) is 12.9. The first kappa shape index (κ1) is 15.0. The molecular formula is C16H28N2. The second-order valence-electron chi connectivity index (χ2n) is 5.14. The third-order valence-corrected chi connectivity index (χ3v) is 3.68. The van der Waals surface area contributed by atoms with Gasteiger partial charge in [0, 0.05) is 18.3 Å². The van der Waals surface area contributed by atoms with Crippen LogP contribution in [-0.4, -0.2) is 24.0 Å². The van der Waals surface area contributed by atoms with E-state index in [1.807, 2.05) is 12.1 Å². The lowest BCUT2D eigenvalue weighted by Gasteiger charge is -2.28.